The molecule has 0 aromatic rings. The molecule has 4 heteroatoms. The fourth-order valence-corrected chi connectivity index (χ4v) is 0.989. The van der Waals surface area contributed by atoms with Crippen molar-refractivity contribution in [3.63, 3.8) is 0 Å². The Labute approximate surface area is 73.5 Å². The summed E-state index contributed by atoms with van der Waals surface area (Å²) >= 11 is 0. The molecule has 72 valence electrons. The van der Waals surface area contributed by atoms with Crippen molar-refractivity contribution in [3.8, 4) is 0 Å². The van der Waals surface area contributed by atoms with Crippen LogP contribution in [0.15, 0.2) is 0 Å². The van der Waals surface area contributed by atoms with E-state index in [1.54, 1.807) is 13.8 Å². The van der Waals surface area contributed by atoms with Gasteiger partial charge in [0.2, 0.25) is 0 Å². The standard InChI is InChI=1S/C8H18N2O2/c1-6(5-9)10-8(2,3)7(11)12-4/h6,10H,5,9H2,1-4H3. The second-order valence-corrected chi connectivity index (χ2v) is 3.40. The Kier molecular flexibility index (Phi) is 4.20. The molecule has 4 nitrogen and oxygen atoms in total. The molecule has 0 rings (SSSR count). The number of rotatable bonds is 4. The number of ether oxygens (including phenoxy) is 1. The lowest BCUT2D eigenvalue weighted by molar-refractivity contribution is -0.147. The maximum atomic E-state index is 11.2. The molecule has 0 heterocycles. The van der Waals surface area contributed by atoms with Gasteiger partial charge in [-0.2, -0.15) is 0 Å². The number of nitrogens with two attached hydrogens (primary N) is 1. The van der Waals surface area contributed by atoms with Crippen molar-refractivity contribution in [2.24, 2.45) is 5.73 Å². The number of hydrogen-bond donors (Lipinski definition) is 2. The van der Waals surface area contributed by atoms with Crippen molar-refractivity contribution in [2.75, 3.05) is 13.7 Å². The third-order valence-corrected chi connectivity index (χ3v) is 1.66. The highest BCUT2D eigenvalue weighted by Crippen LogP contribution is 2.05. The third kappa shape index (κ3) is 3.19. The maximum Gasteiger partial charge on any atom is 0.325 e. The van der Waals surface area contributed by atoms with Gasteiger partial charge in [-0.05, 0) is 20.8 Å². The first kappa shape index (κ1) is 11.4. The van der Waals surface area contributed by atoms with Crippen LogP contribution in [0.2, 0.25) is 0 Å². The largest absolute Gasteiger partial charge is 0.468 e. The first-order valence-electron chi connectivity index (χ1n) is 4.00. The van der Waals surface area contributed by atoms with Crippen LogP contribution in [0.3, 0.4) is 0 Å². The van der Waals surface area contributed by atoms with Crippen LogP contribution in [0.5, 0.6) is 0 Å². The van der Waals surface area contributed by atoms with Crippen molar-refractivity contribution >= 4 is 5.97 Å². The van der Waals surface area contributed by atoms with Gasteiger partial charge in [0.05, 0.1) is 7.11 Å². The van der Waals surface area contributed by atoms with Crippen molar-refractivity contribution in [1.29, 1.82) is 0 Å². The fraction of sp³-hybridized carbons (Fsp3) is 0.875. The molecule has 1 unspecified atom stereocenters. The molecule has 0 fully saturated rings. The first-order chi connectivity index (χ1) is 5.44. The minimum Gasteiger partial charge on any atom is -0.468 e. The molecule has 0 spiro atoms. The Hall–Kier alpha value is -0.610. The van der Waals surface area contributed by atoms with Gasteiger partial charge in [0.15, 0.2) is 0 Å². The number of nitrogens with one attached hydrogen (secondary N) is 1. The van der Waals surface area contributed by atoms with Crippen molar-refractivity contribution in [3.05, 3.63) is 0 Å². The van der Waals surface area contributed by atoms with Gasteiger partial charge in [0.25, 0.3) is 0 Å². The predicted molar refractivity (Wildman–Crippen MR) is 47.7 cm³/mol. The van der Waals surface area contributed by atoms with Crippen molar-refractivity contribution in [1.82, 2.24) is 5.32 Å². The Bertz CT molecular complexity index is 157. The molecule has 0 aromatic carbocycles. The molecule has 3 N–H and O–H groups in total. The van der Waals surface area contributed by atoms with Crippen LogP contribution in [0.25, 0.3) is 0 Å². The molecule has 0 aromatic heterocycles. The highest BCUT2D eigenvalue weighted by Gasteiger charge is 2.29. The molecule has 0 aliphatic heterocycles. The molecule has 0 bridgehead atoms. The zero-order chi connectivity index (χ0) is 9.78. The molecule has 0 radical (unpaired) electrons. The Morgan fingerprint density at radius 1 is 1.67 bits per heavy atom. The topological polar surface area (TPSA) is 64.3 Å². The lowest BCUT2D eigenvalue weighted by atomic mass is 10.0. The molecule has 0 saturated carbocycles. The van der Waals surface area contributed by atoms with Crippen LogP contribution in [0, 0.1) is 0 Å². The van der Waals surface area contributed by atoms with Gasteiger partial charge in [-0.3, -0.25) is 10.1 Å². The van der Waals surface area contributed by atoms with E-state index in [0.29, 0.717) is 6.54 Å². The van der Waals surface area contributed by atoms with E-state index in [1.807, 2.05) is 6.92 Å². The summed E-state index contributed by atoms with van der Waals surface area (Å²) in [6, 6.07) is 0.110. The van der Waals surface area contributed by atoms with E-state index < -0.39 is 5.54 Å². The zero-order valence-corrected chi connectivity index (χ0v) is 8.18. The second-order valence-electron chi connectivity index (χ2n) is 3.40. The van der Waals surface area contributed by atoms with E-state index in [9.17, 15) is 4.79 Å². The molecule has 1 atom stereocenters. The Morgan fingerprint density at radius 2 is 2.17 bits per heavy atom. The van der Waals surface area contributed by atoms with Gasteiger partial charge < -0.3 is 10.5 Å². The van der Waals surface area contributed by atoms with E-state index in [4.69, 9.17) is 5.73 Å². The fourth-order valence-electron chi connectivity index (χ4n) is 0.989. The van der Waals surface area contributed by atoms with Gasteiger partial charge in [-0.25, -0.2) is 0 Å². The third-order valence-electron chi connectivity index (χ3n) is 1.66. The van der Waals surface area contributed by atoms with Gasteiger partial charge in [-0.1, -0.05) is 0 Å². The lowest BCUT2D eigenvalue weighted by Gasteiger charge is -2.26. The SMILES string of the molecule is COC(=O)C(C)(C)NC(C)CN. The molecule has 0 aliphatic rings. The number of esters is 1. The predicted octanol–water partition coefficient (Wildman–Crippen LogP) is -0.125. The molecular formula is C8H18N2O2. The molecule has 0 saturated heterocycles. The van der Waals surface area contributed by atoms with E-state index in [-0.39, 0.29) is 12.0 Å². The highest BCUT2D eigenvalue weighted by atomic mass is 16.5. The summed E-state index contributed by atoms with van der Waals surface area (Å²) in [7, 11) is 1.37. The van der Waals surface area contributed by atoms with Gasteiger partial charge >= 0.3 is 5.97 Å². The normalized spacial score (nSPS) is 14.1. The molecule has 0 aliphatic carbocycles. The second kappa shape index (κ2) is 4.42. The number of hydrogen-bond acceptors (Lipinski definition) is 4. The summed E-state index contributed by atoms with van der Waals surface area (Å²) in [6.07, 6.45) is 0. The quantitative estimate of drug-likeness (QED) is 0.583. The van der Waals surface area contributed by atoms with Crippen LogP contribution in [0.1, 0.15) is 20.8 Å². The monoisotopic (exact) mass is 174 g/mol. The average Bonchev–Trinajstić information content (AvgIpc) is 2.02. The maximum absolute atomic E-state index is 11.2. The number of methoxy groups -OCH3 is 1. The average molecular weight is 174 g/mol. The van der Waals surface area contributed by atoms with E-state index in [1.165, 1.54) is 7.11 Å². The minimum atomic E-state index is -0.659. The summed E-state index contributed by atoms with van der Waals surface area (Å²) in [5.41, 5.74) is 4.75. The summed E-state index contributed by atoms with van der Waals surface area (Å²) in [6.45, 7) is 5.96. The first-order valence-corrected chi connectivity index (χ1v) is 4.00. The van der Waals surface area contributed by atoms with Crippen LogP contribution in [-0.4, -0.2) is 31.2 Å². The Balaban J connectivity index is 4.11. The smallest absolute Gasteiger partial charge is 0.325 e. The van der Waals surface area contributed by atoms with Crippen molar-refractivity contribution in [2.45, 2.75) is 32.4 Å². The molecule has 0 amide bonds. The number of carbonyl (C=O) groups is 1. The minimum absolute atomic E-state index is 0.110. The van der Waals surface area contributed by atoms with Gasteiger partial charge in [0, 0.05) is 12.6 Å². The summed E-state index contributed by atoms with van der Waals surface area (Å²) in [5.74, 6) is -0.275. The van der Waals surface area contributed by atoms with Crippen molar-refractivity contribution < 1.29 is 9.53 Å². The molecule has 12 heavy (non-hydrogen) atoms. The highest BCUT2D eigenvalue weighted by molar-refractivity contribution is 5.79. The van der Waals surface area contributed by atoms with Crippen LogP contribution >= 0.6 is 0 Å². The van der Waals surface area contributed by atoms with E-state index in [0.717, 1.165) is 0 Å². The summed E-state index contributed by atoms with van der Waals surface area (Å²) in [5, 5.41) is 3.06. The molecular weight excluding hydrogens is 156 g/mol. The van der Waals surface area contributed by atoms with Gasteiger partial charge in [-0.15, -0.1) is 0 Å². The number of carbonyl (C=O) groups excluding carboxylic acids is 1. The zero-order valence-electron chi connectivity index (χ0n) is 8.18. The van der Waals surface area contributed by atoms with Crippen LogP contribution in [-0.2, 0) is 9.53 Å². The van der Waals surface area contributed by atoms with Crippen LogP contribution in [0.4, 0.5) is 0 Å². The van der Waals surface area contributed by atoms with E-state index in [2.05, 4.69) is 10.1 Å². The Morgan fingerprint density at radius 3 is 2.50 bits per heavy atom. The summed E-state index contributed by atoms with van der Waals surface area (Å²) in [4.78, 5) is 11.2. The van der Waals surface area contributed by atoms with E-state index >= 15 is 0 Å². The lowest BCUT2D eigenvalue weighted by Crippen LogP contribution is -2.53. The summed E-state index contributed by atoms with van der Waals surface area (Å²) < 4.78 is 4.62. The van der Waals surface area contributed by atoms with Gasteiger partial charge in [0.1, 0.15) is 5.54 Å². The van der Waals surface area contributed by atoms with Crippen LogP contribution < -0.4 is 11.1 Å².